The Morgan fingerprint density at radius 2 is 1.81 bits per heavy atom. The van der Waals surface area contributed by atoms with Gasteiger partial charge in [-0.05, 0) is 18.2 Å². The van der Waals surface area contributed by atoms with Gasteiger partial charge in [0.25, 0.3) is 11.5 Å². The van der Waals surface area contributed by atoms with Crippen molar-refractivity contribution in [2.24, 2.45) is 0 Å². The summed E-state index contributed by atoms with van der Waals surface area (Å²) in [5, 5.41) is 5.15. The van der Waals surface area contributed by atoms with Crippen LogP contribution < -0.4 is 16.2 Å². The lowest BCUT2D eigenvalue weighted by Gasteiger charge is -2.08. The number of anilines is 1. The number of aromatic nitrogens is 1. The molecule has 0 atom stereocenters. The van der Waals surface area contributed by atoms with Crippen molar-refractivity contribution in [2.45, 2.75) is 6.54 Å². The number of rotatable bonds is 4. The number of para-hydroxylation sites is 1. The van der Waals surface area contributed by atoms with Crippen molar-refractivity contribution in [1.29, 1.82) is 0 Å². The molecule has 0 spiro atoms. The molecule has 2 aromatic rings. The summed E-state index contributed by atoms with van der Waals surface area (Å²) >= 11 is 0. The highest BCUT2D eigenvalue weighted by Gasteiger charge is 2.08. The molecule has 0 bridgehead atoms. The van der Waals surface area contributed by atoms with Crippen molar-refractivity contribution < 1.29 is 9.59 Å². The second-order valence-electron chi connectivity index (χ2n) is 4.38. The molecule has 0 saturated heterocycles. The van der Waals surface area contributed by atoms with Crippen LogP contribution in [0.5, 0.6) is 0 Å². The minimum Gasteiger partial charge on any atom is -0.355 e. The Hall–Kier alpha value is -2.89. The van der Waals surface area contributed by atoms with Gasteiger partial charge in [0.1, 0.15) is 6.54 Å². The van der Waals surface area contributed by atoms with Gasteiger partial charge in [-0.25, -0.2) is 0 Å². The number of nitrogens with one attached hydrogen (secondary N) is 2. The zero-order valence-corrected chi connectivity index (χ0v) is 11.5. The van der Waals surface area contributed by atoms with Crippen LogP contribution in [0, 0.1) is 0 Å². The zero-order chi connectivity index (χ0) is 15.2. The first-order chi connectivity index (χ1) is 10.1. The summed E-state index contributed by atoms with van der Waals surface area (Å²) < 4.78 is 1.20. The lowest BCUT2D eigenvalue weighted by atomic mass is 10.2. The van der Waals surface area contributed by atoms with Gasteiger partial charge in [-0.1, -0.05) is 18.2 Å². The van der Waals surface area contributed by atoms with Crippen molar-refractivity contribution in [2.75, 3.05) is 12.4 Å². The minimum atomic E-state index is -0.342. The standard InChI is InChI=1S/C15H15N3O3/c1-16-15(21)11-7-8-14(20)18(9-11)10-13(19)17-12-5-3-2-4-6-12/h2-9H,10H2,1H3,(H,16,21)(H,17,19). The van der Waals surface area contributed by atoms with Crippen LogP contribution in [-0.4, -0.2) is 23.4 Å². The molecule has 2 rings (SSSR count). The Morgan fingerprint density at radius 3 is 2.48 bits per heavy atom. The van der Waals surface area contributed by atoms with E-state index in [1.54, 1.807) is 24.3 Å². The van der Waals surface area contributed by atoms with Crippen molar-refractivity contribution in [3.63, 3.8) is 0 Å². The predicted molar refractivity (Wildman–Crippen MR) is 79.2 cm³/mol. The number of hydrogen-bond donors (Lipinski definition) is 2. The molecule has 1 aromatic heterocycles. The lowest BCUT2D eigenvalue weighted by Crippen LogP contribution is -2.28. The van der Waals surface area contributed by atoms with Crippen LogP contribution in [0.25, 0.3) is 0 Å². The van der Waals surface area contributed by atoms with E-state index in [0.29, 0.717) is 11.3 Å². The number of carbonyl (C=O) groups is 2. The summed E-state index contributed by atoms with van der Waals surface area (Å²) in [5.41, 5.74) is 0.633. The maximum atomic E-state index is 11.9. The molecule has 0 unspecified atom stereocenters. The fraction of sp³-hybridized carbons (Fsp3) is 0.133. The molecule has 6 heteroatoms. The quantitative estimate of drug-likeness (QED) is 0.874. The van der Waals surface area contributed by atoms with E-state index in [1.165, 1.54) is 29.9 Å². The van der Waals surface area contributed by atoms with E-state index in [-0.39, 0.29) is 23.9 Å². The highest BCUT2D eigenvalue weighted by molar-refractivity contribution is 5.94. The van der Waals surface area contributed by atoms with Gasteiger partial charge in [0.15, 0.2) is 0 Å². The summed E-state index contributed by atoms with van der Waals surface area (Å²) in [7, 11) is 1.50. The van der Waals surface area contributed by atoms with Gasteiger partial charge in [0.05, 0.1) is 5.56 Å². The van der Waals surface area contributed by atoms with E-state index in [9.17, 15) is 14.4 Å². The molecule has 0 aliphatic heterocycles. The average Bonchev–Trinajstić information content (AvgIpc) is 2.49. The smallest absolute Gasteiger partial charge is 0.252 e. The summed E-state index contributed by atoms with van der Waals surface area (Å²) in [5.74, 6) is -0.649. The Balaban J connectivity index is 2.13. The Labute approximate surface area is 121 Å². The van der Waals surface area contributed by atoms with Crippen molar-refractivity contribution in [3.05, 3.63) is 64.6 Å². The predicted octanol–water partition coefficient (Wildman–Crippen LogP) is 0.847. The molecule has 0 fully saturated rings. The summed E-state index contributed by atoms with van der Waals surface area (Å²) in [6.07, 6.45) is 1.37. The van der Waals surface area contributed by atoms with E-state index in [4.69, 9.17) is 0 Å². The lowest BCUT2D eigenvalue weighted by molar-refractivity contribution is -0.116. The topological polar surface area (TPSA) is 80.2 Å². The van der Waals surface area contributed by atoms with Crippen LogP contribution in [0.1, 0.15) is 10.4 Å². The second-order valence-corrected chi connectivity index (χ2v) is 4.38. The molecule has 108 valence electrons. The van der Waals surface area contributed by atoms with Crippen LogP contribution >= 0.6 is 0 Å². The van der Waals surface area contributed by atoms with Crippen LogP contribution in [0.2, 0.25) is 0 Å². The molecule has 6 nitrogen and oxygen atoms in total. The van der Waals surface area contributed by atoms with Crippen LogP contribution in [0.4, 0.5) is 5.69 Å². The first-order valence-electron chi connectivity index (χ1n) is 6.37. The Morgan fingerprint density at radius 1 is 1.10 bits per heavy atom. The second kappa shape index (κ2) is 6.51. The van der Waals surface area contributed by atoms with E-state index in [0.717, 1.165) is 0 Å². The summed E-state index contributed by atoms with van der Waals surface area (Å²) in [6, 6.07) is 11.6. The first-order valence-corrected chi connectivity index (χ1v) is 6.37. The molecule has 0 saturated carbocycles. The molecule has 2 amide bonds. The van der Waals surface area contributed by atoms with Gasteiger partial charge in [0.2, 0.25) is 5.91 Å². The molecule has 1 aromatic carbocycles. The average molecular weight is 285 g/mol. The molecule has 21 heavy (non-hydrogen) atoms. The minimum absolute atomic E-state index is 0.154. The highest BCUT2D eigenvalue weighted by atomic mass is 16.2. The fourth-order valence-electron chi connectivity index (χ4n) is 1.81. The van der Waals surface area contributed by atoms with Gasteiger partial charge in [-0.3, -0.25) is 14.4 Å². The number of pyridine rings is 1. The molecular weight excluding hydrogens is 270 g/mol. The maximum Gasteiger partial charge on any atom is 0.252 e. The van der Waals surface area contributed by atoms with Gasteiger partial charge in [-0.15, -0.1) is 0 Å². The zero-order valence-electron chi connectivity index (χ0n) is 11.5. The number of hydrogen-bond acceptors (Lipinski definition) is 3. The van der Waals surface area contributed by atoms with E-state index in [1.807, 2.05) is 6.07 Å². The van der Waals surface area contributed by atoms with Gasteiger partial charge in [-0.2, -0.15) is 0 Å². The van der Waals surface area contributed by atoms with Crippen molar-refractivity contribution >= 4 is 17.5 Å². The summed E-state index contributed by atoms with van der Waals surface area (Å²) in [6.45, 7) is -0.154. The molecule has 0 aliphatic carbocycles. The van der Waals surface area contributed by atoms with E-state index >= 15 is 0 Å². The Kier molecular flexibility index (Phi) is 4.50. The van der Waals surface area contributed by atoms with Crippen LogP contribution in [0.15, 0.2) is 53.5 Å². The molecule has 0 aliphatic rings. The fourth-order valence-corrected chi connectivity index (χ4v) is 1.81. The normalized spacial score (nSPS) is 9.95. The SMILES string of the molecule is CNC(=O)c1ccc(=O)n(CC(=O)Nc2ccccc2)c1. The molecular formula is C15H15N3O3. The van der Waals surface area contributed by atoms with E-state index in [2.05, 4.69) is 10.6 Å². The maximum absolute atomic E-state index is 11.9. The number of amides is 2. The number of nitrogens with zero attached hydrogens (tertiary/aromatic N) is 1. The van der Waals surface area contributed by atoms with E-state index < -0.39 is 0 Å². The molecule has 1 heterocycles. The van der Waals surface area contributed by atoms with Crippen LogP contribution in [0.3, 0.4) is 0 Å². The third-order valence-corrected chi connectivity index (χ3v) is 2.84. The monoisotopic (exact) mass is 285 g/mol. The van der Waals surface area contributed by atoms with Crippen molar-refractivity contribution in [1.82, 2.24) is 9.88 Å². The number of benzene rings is 1. The third-order valence-electron chi connectivity index (χ3n) is 2.84. The Bertz CT molecular complexity index is 708. The van der Waals surface area contributed by atoms with Crippen LogP contribution in [-0.2, 0) is 11.3 Å². The first kappa shape index (κ1) is 14.5. The van der Waals surface area contributed by atoms with Gasteiger partial charge in [0, 0.05) is 25.0 Å². The highest BCUT2D eigenvalue weighted by Crippen LogP contribution is 2.05. The number of carbonyl (C=O) groups excluding carboxylic acids is 2. The largest absolute Gasteiger partial charge is 0.355 e. The summed E-state index contributed by atoms with van der Waals surface area (Å²) in [4.78, 5) is 35.2. The molecule has 2 N–H and O–H groups in total. The van der Waals surface area contributed by atoms with Gasteiger partial charge >= 0.3 is 0 Å². The third kappa shape index (κ3) is 3.79. The molecule has 0 radical (unpaired) electrons. The van der Waals surface area contributed by atoms with Gasteiger partial charge < -0.3 is 15.2 Å². The van der Waals surface area contributed by atoms with Crippen molar-refractivity contribution in [3.8, 4) is 0 Å².